The van der Waals surface area contributed by atoms with Crippen LogP contribution in [0.5, 0.6) is 17.2 Å². The summed E-state index contributed by atoms with van der Waals surface area (Å²) in [6.07, 6.45) is 0. The number of amides is 2. The second-order valence-corrected chi connectivity index (χ2v) is 7.50. The van der Waals surface area contributed by atoms with Crippen LogP contribution in [-0.4, -0.2) is 36.0 Å². The molecular weight excluding hydrogens is 400 g/mol. The van der Waals surface area contributed by atoms with Crippen LogP contribution in [0, 0.1) is 19.8 Å². The maximum atomic E-state index is 12.4. The highest BCUT2D eigenvalue weighted by atomic mass is 16.5. The number of phenolic OH excluding ortho intramolecular Hbond substituents is 1. The Morgan fingerprint density at radius 1 is 1.06 bits per heavy atom. The van der Waals surface area contributed by atoms with E-state index < -0.39 is 11.9 Å². The Morgan fingerprint density at radius 3 is 2.29 bits per heavy atom. The van der Waals surface area contributed by atoms with Crippen molar-refractivity contribution < 1.29 is 29.0 Å². The quantitative estimate of drug-likeness (QED) is 0.458. The summed E-state index contributed by atoms with van der Waals surface area (Å²) < 4.78 is 10.6. The standard InChI is InChI=1S/C23H28N2O6/c1-6-30-23(29)22(28)25-16-9-14(4)20(15(5)10-16)31-17-7-8-19(26)18(11-17)21(27)24-12-13(2)3/h7-11,13,26H,6,12H2,1-5H3,(H,24,27)(H,25,28). The van der Waals surface area contributed by atoms with E-state index in [9.17, 15) is 19.5 Å². The average molecular weight is 428 g/mol. The second-order valence-electron chi connectivity index (χ2n) is 7.50. The second kappa shape index (κ2) is 10.5. The van der Waals surface area contributed by atoms with E-state index >= 15 is 0 Å². The lowest BCUT2D eigenvalue weighted by Gasteiger charge is -2.15. The molecule has 2 aromatic carbocycles. The molecule has 0 unspecified atom stereocenters. The van der Waals surface area contributed by atoms with Crippen LogP contribution in [0.2, 0.25) is 0 Å². The third kappa shape index (κ3) is 6.47. The minimum atomic E-state index is -0.953. The van der Waals surface area contributed by atoms with Gasteiger partial charge >= 0.3 is 11.9 Å². The molecule has 0 radical (unpaired) electrons. The average Bonchev–Trinajstić information content (AvgIpc) is 2.70. The SMILES string of the molecule is CCOC(=O)C(=O)Nc1cc(C)c(Oc2ccc(O)c(C(=O)NCC(C)C)c2)c(C)c1. The maximum Gasteiger partial charge on any atom is 0.397 e. The first-order valence-corrected chi connectivity index (χ1v) is 10.0. The number of carbonyl (C=O) groups is 3. The first kappa shape index (κ1) is 23.7. The maximum absolute atomic E-state index is 12.4. The summed E-state index contributed by atoms with van der Waals surface area (Å²) in [5.74, 6) is -1.15. The van der Waals surface area contributed by atoms with Crippen molar-refractivity contribution in [3.8, 4) is 17.2 Å². The molecule has 0 spiro atoms. The van der Waals surface area contributed by atoms with Gasteiger partial charge in [-0.1, -0.05) is 13.8 Å². The molecular formula is C23H28N2O6. The van der Waals surface area contributed by atoms with Crippen LogP contribution in [0.1, 0.15) is 42.3 Å². The van der Waals surface area contributed by atoms with Crippen molar-refractivity contribution >= 4 is 23.5 Å². The van der Waals surface area contributed by atoms with Gasteiger partial charge in [-0.05, 0) is 68.1 Å². The number of nitrogens with one attached hydrogen (secondary N) is 2. The Bertz CT molecular complexity index is 961. The van der Waals surface area contributed by atoms with Gasteiger partial charge in [0.2, 0.25) is 0 Å². The number of ether oxygens (including phenoxy) is 2. The van der Waals surface area contributed by atoms with Crippen LogP contribution in [0.25, 0.3) is 0 Å². The third-order valence-corrected chi connectivity index (χ3v) is 4.28. The van der Waals surface area contributed by atoms with Gasteiger partial charge in [-0.15, -0.1) is 0 Å². The number of benzene rings is 2. The molecule has 0 atom stereocenters. The number of carbonyl (C=O) groups excluding carboxylic acids is 3. The van der Waals surface area contributed by atoms with Gasteiger partial charge in [0.1, 0.15) is 17.2 Å². The number of phenols is 1. The Balaban J connectivity index is 2.21. The molecule has 166 valence electrons. The number of aromatic hydroxyl groups is 1. The van der Waals surface area contributed by atoms with Crippen LogP contribution in [0.15, 0.2) is 30.3 Å². The van der Waals surface area contributed by atoms with Gasteiger partial charge in [-0.25, -0.2) is 4.79 Å². The summed E-state index contributed by atoms with van der Waals surface area (Å²) in [7, 11) is 0. The van der Waals surface area contributed by atoms with Gasteiger partial charge in [0.15, 0.2) is 0 Å². The Labute approximate surface area is 181 Å². The predicted molar refractivity (Wildman–Crippen MR) is 117 cm³/mol. The number of anilines is 1. The minimum absolute atomic E-state index is 0.112. The molecule has 31 heavy (non-hydrogen) atoms. The van der Waals surface area contributed by atoms with Gasteiger partial charge < -0.3 is 25.2 Å². The van der Waals surface area contributed by atoms with Crippen molar-refractivity contribution in [3.05, 3.63) is 47.0 Å². The van der Waals surface area contributed by atoms with Crippen LogP contribution >= 0.6 is 0 Å². The van der Waals surface area contributed by atoms with E-state index in [1.54, 1.807) is 39.0 Å². The molecule has 0 heterocycles. The predicted octanol–water partition coefficient (Wildman–Crippen LogP) is 3.69. The van der Waals surface area contributed by atoms with E-state index in [2.05, 4.69) is 15.4 Å². The number of hydrogen-bond acceptors (Lipinski definition) is 6. The largest absolute Gasteiger partial charge is 0.507 e. The summed E-state index contributed by atoms with van der Waals surface area (Å²) >= 11 is 0. The molecule has 0 aliphatic rings. The van der Waals surface area contributed by atoms with Crippen LogP contribution < -0.4 is 15.4 Å². The van der Waals surface area contributed by atoms with Gasteiger partial charge in [-0.2, -0.15) is 0 Å². The third-order valence-electron chi connectivity index (χ3n) is 4.28. The van der Waals surface area contributed by atoms with Crippen molar-refractivity contribution in [3.63, 3.8) is 0 Å². The summed E-state index contributed by atoms with van der Waals surface area (Å²) in [6, 6.07) is 7.76. The van der Waals surface area contributed by atoms with Crippen molar-refractivity contribution in [1.82, 2.24) is 5.32 Å². The Kier molecular flexibility index (Phi) is 8.01. The first-order chi connectivity index (χ1) is 14.6. The molecule has 0 aliphatic heterocycles. The minimum Gasteiger partial charge on any atom is -0.507 e. The fraction of sp³-hybridized carbons (Fsp3) is 0.348. The van der Waals surface area contributed by atoms with Gasteiger partial charge in [0.25, 0.3) is 5.91 Å². The molecule has 2 aromatic rings. The highest BCUT2D eigenvalue weighted by molar-refractivity contribution is 6.37. The lowest BCUT2D eigenvalue weighted by atomic mass is 10.1. The summed E-state index contributed by atoms with van der Waals surface area (Å²) in [4.78, 5) is 35.7. The molecule has 0 fully saturated rings. The summed E-state index contributed by atoms with van der Waals surface area (Å²) in [5.41, 5.74) is 1.96. The molecule has 3 N–H and O–H groups in total. The molecule has 2 amide bonds. The van der Waals surface area contributed by atoms with Crippen molar-refractivity contribution in [1.29, 1.82) is 0 Å². The number of rotatable bonds is 7. The zero-order valence-electron chi connectivity index (χ0n) is 18.4. The van der Waals surface area contributed by atoms with Gasteiger partial charge in [-0.3, -0.25) is 9.59 Å². The topological polar surface area (TPSA) is 114 Å². The van der Waals surface area contributed by atoms with Crippen LogP contribution in [0.3, 0.4) is 0 Å². The zero-order chi connectivity index (χ0) is 23.1. The van der Waals surface area contributed by atoms with E-state index in [4.69, 9.17) is 4.74 Å². The fourth-order valence-electron chi connectivity index (χ4n) is 2.83. The Morgan fingerprint density at radius 2 is 1.71 bits per heavy atom. The molecule has 8 heteroatoms. The van der Waals surface area contributed by atoms with Crippen molar-refractivity contribution in [2.24, 2.45) is 5.92 Å². The number of aryl methyl sites for hydroxylation is 2. The zero-order valence-corrected chi connectivity index (χ0v) is 18.4. The highest BCUT2D eigenvalue weighted by Gasteiger charge is 2.17. The smallest absolute Gasteiger partial charge is 0.397 e. The molecule has 2 rings (SSSR count). The van der Waals surface area contributed by atoms with Crippen molar-refractivity contribution in [2.75, 3.05) is 18.5 Å². The van der Waals surface area contributed by atoms with E-state index in [1.165, 1.54) is 12.1 Å². The molecule has 0 saturated heterocycles. The van der Waals surface area contributed by atoms with E-state index in [0.29, 0.717) is 34.9 Å². The van der Waals surface area contributed by atoms with Crippen molar-refractivity contribution in [2.45, 2.75) is 34.6 Å². The van der Waals surface area contributed by atoms with E-state index in [-0.39, 0.29) is 29.7 Å². The fourth-order valence-corrected chi connectivity index (χ4v) is 2.83. The van der Waals surface area contributed by atoms with E-state index in [0.717, 1.165) is 0 Å². The monoisotopic (exact) mass is 428 g/mol. The number of esters is 1. The lowest BCUT2D eigenvalue weighted by molar-refractivity contribution is -0.152. The summed E-state index contributed by atoms with van der Waals surface area (Å²) in [6.45, 7) is 9.75. The molecule has 0 aromatic heterocycles. The van der Waals surface area contributed by atoms with Gasteiger partial charge in [0.05, 0.1) is 12.2 Å². The van der Waals surface area contributed by atoms with E-state index in [1.807, 2.05) is 13.8 Å². The van der Waals surface area contributed by atoms with Crippen LogP contribution in [-0.2, 0) is 14.3 Å². The first-order valence-electron chi connectivity index (χ1n) is 10.0. The highest BCUT2D eigenvalue weighted by Crippen LogP contribution is 2.33. The van der Waals surface area contributed by atoms with Gasteiger partial charge in [0, 0.05) is 12.2 Å². The lowest BCUT2D eigenvalue weighted by Crippen LogP contribution is -2.27. The molecule has 0 bridgehead atoms. The number of hydrogen-bond donors (Lipinski definition) is 3. The van der Waals surface area contributed by atoms with Crippen LogP contribution in [0.4, 0.5) is 5.69 Å². The normalized spacial score (nSPS) is 10.5. The molecule has 0 saturated carbocycles. The summed E-state index contributed by atoms with van der Waals surface area (Å²) in [5, 5.41) is 15.3. The molecule has 8 nitrogen and oxygen atoms in total. The Hall–Kier alpha value is -3.55. The molecule has 0 aliphatic carbocycles.